The lowest BCUT2D eigenvalue weighted by Gasteiger charge is -2.25. The molecule has 1 aliphatic rings. The minimum absolute atomic E-state index is 0.425. The molecule has 0 spiro atoms. The van der Waals surface area contributed by atoms with Crippen molar-refractivity contribution in [3.05, 3.63) is 102 Å². The van der Waals surface area contributed by atoms with E-state index in [0.29, 0.717) is 5.66 Å². The van der Waals surface area contributed by atoms with Gasteiger partial charge in [-0.3, -0.25) is 0 Å². The third kappa shape index (κ3) is 2.40. The van der Waals surface area contributed by atoms with Crippen molar-refractivity contribution >= 4 is 24.6 Å². The maximum atomic E-state index is 2.39. The van der Waals surface area contributed by atoms with Crippen LogP contribution < -0.4 is 10.6 Å². The zero-order chi connectivity index (χ0) is 14.8. The Kier molecular flexibility index (Phi) is 3.62. The zero-order valence-corrected chi connectivity index (χ0v) is 13.2. The van der Waals surface area contributed by atoms with Gasteiger partial charge in [0, 0.05) is 5.66 Å². The Hall–Kier alpha value is -2.17. The van der Waals surface area contributed by atoms with Crippen molar-refractivity contribution in [1.82, 2.24) is 0 Å². The Labute approximate surface area is 132 Å². The van der Waals surface area contributed by atoms with Gasteiger partial charge in [-0.15, -0.1) is 0 Å². The molecule has 106 valence electrons. The van der Waals surface area contributed by atoms with Crippen LogP contribution >= 0.6 is 7.92 Å². The average Bonchev–Trinajstić information content (AvgIpc) is 3.01. The van der Waals surface area contributed by atoms with Crippen LogP contribution in [-0.2, 0) is 0 Å². The highest BCUT2D eigenvalue weighted by Gasteiger charge is 2.27. The predicted molar refractivity (Wildman–Crippen MR) is 97.3 cm³/mol. The largest absolute Gasteiger partial charge is 0.0715 e. The molecule has 0 bridgehead atoms. The van der Waals surface area contributed by atoms with E-state index in [1.807, 2.05) is 0 Å². The first-order valence-electron chi connectivity index (χ1n) is 7.60. The summed E-state index contributed by atoms with van der Waals surface area (Å²) in [4.78, 5) is 0. The normalized spacial score (nSPS) is 16.0. The molecule has 0 nitrogen and oxygen atoms in total. The molecule has 0 aromatic heterocycles. The maximum Gasteiger partial charge on any atom is 0.0311 e. The lowest BCUT2D eigenvalue weighted by Crippen LogP contribution is -2.15. The van der Waals surface area contributed by atoms with Crippen molar-refractivity contribution in [3.8, 4) is 0 Å². The van der Waals surface area contributed by atoms with E-state index in [9.17, 15) is 0 Å². The summed E-state index contributed by atoms with van der Waals surface area (Å²) in [5.41, 5.74) is 3.30. The van der Waals surface area contributed by atoms with Crippen LogP contribution in [-0.4, -0.2) is 0 Å². The van der Waals surface area contributed by atoms with E-state index in [0.717, 1.165) is 0 Å². The molecule has 1 heteroatoms. The average molecular weight is 300 g/mol. The SMILES string of the molecule is C1=CC(P(c2ccccc2)c2ccccc2)c2ccccc21. The molecule has 22 heavy (non-hydrogen) atoms. The van der Waals surface area contributed by atoms with Gasteiger partial charge in [-0.1, -0.05) is 97.1 Å². The van der Waals surface area contributed by atoms with E-state index in [-0.39, 0.29) is 0 Å². The van der Waals surface area contributed by atoms with Gasteiger partial charge in [0.25, 0.3) is 0 Å². The van der Waals surface area contributed by atoms with Crippen LogP contribution in [0.2, 0.25) is 0 Å². The van der Waals surface area contributed by atoms with Crippen molar-refractivity contribution in [2.24, 2.45) is 0 Å². The third-order valence-electron chi connectivity index (χ3n) is 4.12. The fourth-order valence-electron chi connectivity index (χ4n) is 3.10. The Morgan fingerprint density at radius 3 is 1.77 bits per heavy atom. The van der Waals surface area contributed by atoms with Crippen LogP contribution in [0.3, 0.4) is 0 Å². The summed E-state index contributed by atoms with van der Waals surface area (Å²) in [6.45, 7) is 0. The second-order valence-electron chi connectivity index (χ2n) is 5.47. The predicted octanol–water partition coefficient (Wildman–Crippen LogP) is 4.89. The molecule has 0 saturated carbocycles. The number of allylic oxidation sites excluding steroid dienone is 1. The van der Waals surface area contributed by atoms with Gasteiger partial charge in [-0.2, -0.15) is 0 Å². The summed E-state index contributed by atoms with van der Waals surface area (Å²) >= 11 is 0. The minimum atomic E-state index is -0.425. The van der Waals surface area contributed by atoms with E-state index >= 15 is 0 Å². The number of benzene rings is 3. The van der Waals surface area contributed by atoms with Gasteiger partial charge in [0.1, 0.15) is 0 Å². The van der Waals surface area contributed by atoms with Gasteiger partial charge >= 0.3 is 0 Å². The van der Waals surface area contributed by atoms with Gasteiger partial charge < -0.3 is 0 Å². The highest BCUT2D eigenvalue weighted by atomic mass is 31.1. The highest BCUT2D eigenvalue weighted by Crippen LogP contribution is 2.53. The lowest BCUT2D eigenvalue weighted by atomic mass is 10.1. The first kappa shape index (κ1) is 13.5. The molecule has 4 rings (SSSR count). The van der Waals surface area contributed by atoms with Gasteiger partial charge in [-0.05, 0) is 29.7 Å². The van der Waals surface area contributed by atoms with Crippen molar-refractivity contribution < 1.29 is 0 Å². The summed E-state index contributed by atoms with van der Waals surface area (Å²) in [6, 6.07) is 30.7. The summed E-state index contributed by atoms with van der Waals surface area (Å²) in [6.07, 6.45) is 4.66. The molecule has 0 heterocycles. The summed E-state index contributed by atoms with van der Waals surface area (Å²) in [7, 11) is -0.425. The molecule has 0 amide bonds. The first-order valence-corrected chi connectivity index (χ1v) is 9.01. The lowest BCUT2D eigenvalue weighted by molar-refractivity contribution is 1.25. The molecule has 3 aromatic rings. The molecule has 0 saturated heterocycles. The molecule has 1 atom stereocenters. The maximum absolute atomic E-state index is 2.39. The number of hydrogen-bond acceptors (Lipinski definition) is 0. The van der Waals surface area contributed by atoms with Crippen molar-refractivity contribution in [2.75, 3.05) is 0 Å². The van der Waals surface area contributed by atoms with Gasteiger partial charge in [0.05, 0.1) is 0 Å². The molecule has 0 N–H and O–H groups in total. The van der Waals surface area contributed by atoms with E-state index in [1.165, 1.54) is 21.7 Å². The van der Waals surface area contributed by atoms with Crippen LogP contribution in [0.15, 0.2) is 91.0 Å². The summed E-state index contributed by atoms with van der Waals surface area (Å²) in [5.74, 6) is 0. The van der Waals surface area contributed by atoms with Crippen molar-refractivity contribution in [2.45, 2.75) is 5.66 Å². The van der Waals surface area contributed by atoms with Gasteiger partial charge in [-0.25, -0.2) is 0 Å². The minimum Gasteiger partial charge on any atom is -0.0715 e. The van der Waals surface area contributed by atoms with Crippen molar-refractivity contribution in [1.29, 1.82) is 0 Å². The van der Waals surface area contributed by atoms with Crippen LogP contribution in [0, 0.1) is 0 Å². The Bertz CT molecular complexity index is 751. The molecular weight excluding hydrogens is 283 g/mol. The van der Waals surface area contributed by atoms with Gasteiger partial charge in [0.2, 0.25) is 0 Å². The Balaban J connectivity index is 1.85. The molecule has 0 aliphatic heterocycles. The Morgan fingerprint density at radius 2 is 1.14 bits per heavy atom. The standard InChI is InChI=1S/C21H17P/c1-3-10-18(11-4-1)22(19-12-5-2-6-13-19)21-16-15-17-9-7-8-14-20(17)21/h1-16,21H. The van der Waals surface area contributed by atoms with Crippen LogP contribution in [0.25, 0.3) is 6.08 Å². The molecule has 0 radical (unpaired) electrons. The van der Waals surface area contributed by atoms with Crippen LogP contribution in [0.1, 0.15) is 16.8 Å². The fourth-order valence-corrected chi connectivity index (χ4v) is 5.80. The van der Waals surface area contributed by atoms with Crippen LogP contribution in [0.5, 0.6) is 0 Å². The van der Waals surface area contributed by atoms with Gasteiger partial charge in [0.15, 0.2) is 0 Å². The summed E-state index contributed by atoms with van der Waals surface area (Å²) < 4.78 is 0. The Morgan fingerprint density at radius 1 is 0.591 bits per heavy atom. The second kappa shape index (κ2) is 5.91. The summed E-state index contributed by atoms with van der Waals surface area (Å²) in [5, 5.41) is 2.88. The highest BCUT2D eigenvalue weighted by molar-refractivity contribution is 7.73. The smallest absolute Gasteiger partial charge is 0.0311 e. The van der Waals surface area contributed by atoms with E-state index in [1.54, 1.807) is 0 Å². The van der Waals surface area contributed by atoms with Crippen LogP contribution in [0.4, 0.5) is 0 Å². The molecule has 1 unspecified atom stereocenters. The quantitative estimate of drug-likeness (QED) is 0.604. The van der Waals surface area contributed by atoms with E-state index < -0.39 is 7.92 Å². The van der Waals surface area contributed by atoms with E-state index in [4.69, 9.17) is 0 Å². The van der Waals surface area contributed by atoms with E-state index in [2.05, 4.69) is 97.1 Å². The second-order valence-corrected chi connectivity index (χ2v) is 7.80. The number of hydrogen-bond donors (Lipinski definition) is 0. The fraction of sp³-hybridized carbons (Fsp3) is 0.0476. The topological polar surface area (TPSA) is 0 Å². The molecule has 3 aromatic carbocycles. The zero-order valence-electron chi connectivity index (χ0n) is 12.3. The molecule has 1 aliphatic carbocycles. The number of rotatable bonds is 3. The third-order valence-corrected chi connectivity index (χ3v) is 6.84. The first-order chi connectivity index (χ1) is 10.9. The monoisotopic (exact) mass is 300 g/mol. The number of fused-ring (bicyclic) bond motifs is 1. The van der Waals surface area contributed by atoms with Crippen molar-refractivity contribution in [3.63, 3.8) is 0 Å². The molecule has 0 fully saturated rings. The molecular formula is C21H17P.